The molecule has 1 saturated heterocycles. The summed E-state index contributed by atoms with van der Waals surface area (Å²) in [7, 11) is 0. The number of hydrogen-bond acceptors (Lipinski definition) is 5. The summed E-state index contributed by atoms with van der Waals surface area (Å²) in [6.45, 7) is 0.922. The predicted molar refractivity (Wildman–Crippen MR) is 73.7 cm³/mol. The summed E-state index contributed by atoms with van der Waals surface area (Å²) in [4.78, 5) is 20.2. The number of rotatable bonds is 3. The van der Waals surface area contributed by atoms with Crippen molar-refractivity contribution < 1.29 is 9.21 Å². The van der Waals surface area contributed by atoms with Gasteiger partial charge < -0.3 is 15.1 Å². The topological polar surface area (TPSA) is 80.1 Å². The number of oxazole rings is 1. The van der Waals surface area contributed by atoms with Gasteiger partial charge in [-0.25, -0.2) is 9.97 Å². The van der Waals surface area contributed by atoms with Gasteiger partial charge in [-0.05, 0) is 31.5 Å². The average Bonchev–Trinajstić information content (AvgIpc) is 3.11. The van der Waals surface area contributed by atoms with E-state index in [-0.39, 0.29) is 11.9 Å². The van der Waals surface area contributed by atoms with Crippen LogP contribution in [0.25, 0.3) is 0 Å². The lowest BCUT2D eigenvalue weighted by Gasteiger charge is -2.08. The minimum atomic E-state index is -0.336. The highest BCUT2D eigenvalue weighted by molar-refractivity contribution is 6.30. The van der Waals surface area contributed by atoms with Crippen molar-refractivity contribution in [1.82, 2.24) is 15.3 Å². The lowest BCUT2D eigenvalue weighted by molar-refractivity contribution is 0.101. The fourth-order valence-corrected chi connectivity index (χ4v) is 2.32. The van der Waals surface area contributed by atoms with Gasteiger partial charge >= 0.3 is 0 Å². The molecule has 1 amide bonds. The first kappa shape index (κ1) is 13.1. The molecule has 2 aromatic rings. The summed E-state index contributed by atoms with van der Waals surface area (Å²) >= 11 is 5.75. The third-order valence-electron chi connectivity index (χ3n) is 3.16. The van der Waals surface area contributed by atoms with Gasteiger partial charge in [0.05, 0.1) is 11.1 Å². The molecule has 3 rings (SSSR count). The standard InChI is InChI=1S/C13H13ClN4O2/c14-8-3-4-10(16-6-8)18-13(19)11-12(20-7-17-11)9-2-1-5-15-9/h3-4,6-7,9,15H,1-2,5H2,(H,16,18,19). The molecule has 7 heteroatoms. The molecule has 0 aromatic carbocycles. The normalized spacial score (nSPS) is 18.1. The fraction of sp³-hybridized carbons (Fsp3) is 0.308. The van der Waals surface area contributed by atoms with Gasteiger partial charge in [0.25, 0.3) is 5.91 Å². The Morgan fingerprint density at radius 1 is 1.45 bits per heavy atom. The Morgan fingerprint density at radius 2 is 2.35 bits per heavy atom. The molecule has 1 atom stereocenters. The SMILES string of the molecule is O=C(Nc1ccc(Cl)cn1)c1ncoc1C1CCCN1. The number of halogens is 1. The van der Waals surface area contributed by atoms with E-state index in [0.717, 1.165) is 19.4 Å². The van der Waals surface area contributed by atoms with Crippen LogP contribution >= 0.6 is 11.6 Å². The molecule has 0 saturated carbocycles. The second-order valence-electron chi connectivity index (χ2n) is 4.53. The number of pyridine rings is 1. The number of anilines is 1. The Labute approximate surface area is 120 Å². The second-order valence-corrected chi connectivity index (χ2v) is 4.97. The molecule has 2 aromatic heterocycles. The monoisotopic (exact) mass is 292 g/mol. The van der Waals surface area contributed by atoms with Crippen molar-refractivity contribution in [3.05, 3.63) is 41.2 Å². The third kappa shape index (κ3) is 2.66. The maximum atomic E-state index is 12.2. The van der Waals surface area contributed by atoms with E-state index in [9.17, 15) is 4.79 Å². The number of amides is 1. The summed E-state index contributed by atoms with van der Waals surface area (Å²) in [6.07, 6.45) is 4.76. The molecule has 2 N–H and O–H groups in total. The number of nitrogens with zero attached hydrogens (tertiary/aromatic N) is 2. The Balaban J connectivity index is 1.77. The lowest BCUT2D eigenvalue weighted by Crippen LogP contribution is -2.19. The minimum Gasteiger partial charge on any atom is -0.446 e. The van der Waals surface area contributed by atoms with Crippen LogP contribution in [0.4, 0.5) is 5.82 Å². The van der Waals surface area contributed by atoms with Crippen LogP contribution < -0.4 is 10.6 Å². The Bertz CT molecular complexity index is 605. The van der Waals surface area contributed by atoms with Crippen LogP contribution in [0.1, 0.15) is 35.1 Å². The Kier molecular flexibility index (Phi) is 3.66. The molecule has 1 aliphatic heterocycles. The highest BCUT2D eigenvalue weighted by Crippen LogP contribution is 2.26. The van der Waals surface area contributed by atoms with Crippen LogP contribution in [0.5, 0.6) is 0 Å². The van der Waals surface area contributed by atoms with Gasteiger partial charge in [-0.15, -0.1) is 0 Å². The van der Waals surface area contributed by atoms with E-state index >= 15 is 0 Å². The Morgan fingerprint density at radius 3 is 3.05 bits per heavy atom. The van der Waals surface area contributed by atoms with Crippen LogP contribution in [0, 0.1) is 0 Å². The van der Waals surface area contributed by atoms with Crippen molar-refractivity contribution in [1.29, 1.82) is 0 Å². The van der Waals surface area contributed by atoms with E-state index in [1.807, 2.05) is 0 Å². The van der Waals surface area contributed by atoms with E-state index < -0.39 is 0 Å². The molecular weight excluding hydrogens is 280 g/mol. The molecule has 3 heterocycles. The molecule has 1 fully saturated rings. The van der Waals surface area contributed by atoms with Gasteiger partial charge in [-0.1, -0.05) is 11.6 Å². The predicted octanol–water partition coefficient (Wildman–Crippen LogP) is 2.40. The summed E-state index contributed by atoms with van der Waals surface area (Å²) in [5.74, 6) is 0.666. The summed E-state index contributed by atoms with van der Waals surface area (Å²) in [6, 6.07) is 3.34. The molecule has 0 bridgehead atoms. The first-order valence-corrected chi connectivity index (χ1v) is 6.71. The van der Waals surface area contributed by atoms with Gasteiger partial charge in [0.1, 0.15) is 5.82 Å². The van der Waals surface area contributed by atoms with Crippen molar-refractivity contribution in [2.75, 3.05) is 11.9 Å². The quantitative estimate of drug-likeness (QED) is 0.908. The zero-order chi connectivity index (χ0) is 13.9. The second kappa shape index (κ2) is 5.60. The smallest absolute Gasteiger partial charge is 0.279 e. The van der Waals surface area contributed by atoms with E-state index in [2.05, 4.69) is 20.6 Å². The van der Waals surface area contributed by atoms with Crippen molar-refractivity contribution in [3.63, 3.8) is 0 Å². The highest BCUT2D eigenvalue weighted by atomic mass is 35.5. The average molecular weight is 293 g/mol. The minimum absolute atomic E-state index is 0.0522. The maximum absolute atomic E-state index is 12.2. The summed E-state index contributed by atoms with van der Waals surface area (Å²) < 4.78 is 5.35. The number of carbonyl (C=O) groups excluding carboxylic acids is 1. The molecule has 20 heavy (non-hydrogen) atoms. The van der Waals surface area contributed by atoms with Gasteiger partial charge in [-0.3, -0.25) is 4.79 Å². The summed E-state index contributed by atoms with van der Waals surface area (Å²) in [5.41, 5.74) is 0.293. The highest BCUT2D eigenvalue weighted by Gasteiger charge is 2.26. The fourth-order valence-electron chi connectivity index (χ4n) is 2.21. The van der Waals surface area contributed by atoms with Crippen LogP contribution in [0.2, 0.25) is 5.02 Å². The van der Waals surface area contributed by atoms with Crippen LogP contribution in [0.3, 0.4) is 0 Å². The largest absolute Gasteiger partial charge is 0.446 e. The van der Waals surface area contributed by atoms with Crippen LogP contribution in [-0.4, -0.2) is 22.4 Å². The first-order chi connectivity index (χ1) is 9.74. The van der Waals surface area contributed by atoms with Gasteiger partial charge in [0, 0.05) is 6.20 Å². The van der Waals surface area contributed by atoms with E-state index in [0.29, 0.717) is 22.3 Å². The molecular formula is C13H13ClN4O2. The van der Waals surface area contributed by atoms with Crippen LogP contribution in [0.15, 0.2) is 29.1 Å². The zero-order valence-corrected chi connectivity index (χ0v) is 11.4. The number of nitrogens with one attached hydrogen (secondary N) is 2. The van der Waals surface area contributed by atoms with Crippen LogP contribution in [-0.2, 0) is 0 Å². The molecule has 104 valence electrons. The van der Waals surface area contributed by atoms with Gasteiger partial charge in [-0.2, -0.15) is 0 Å². The maximum Gasteiger partial charge on any atom is 0.279 e. The lowest BCUT2D eigenvalue weighted by atomic mass is 10.1. The Hall–Kier alpha value is -1.92. The van der Waals surface area contributed by atoms with Gasteiger partial charge in [0.15, 0.2) is 17.8 Å². The van der Waals surface area contributed by atoms with Crippen molar-refractivity contribution in [2.24, 2.45) is 0 Å². The molecule has 1 unspecified atom stereocenters. The number of carbonyl (C=O) groups is 1. The first-order valence-electron chi connectivity index (χ1n) is 6.34. The molecule has 6 nitrogen and oxygen atoms in total. The number of hydrogen-bond donors (Lipinski definition) is 2. The molecule has 1 aliphatic rings. The molecule has 0 aliphatic carbocycles. The van der Waals surface area contributed by atoms with E-state index in [1.54, 1.807) is 12.1 Å². The van der Waals surface area contributed by atoms with Crippen molar-refractivity contribution in [2.45, 2.75) is 18.9 Å². The number of aromatic nitrogens is 2. The third-order valence-corrected chi connectivity index (χ3v) is 3.38. The van der Waals surface area contributed by atoms with Gasteiger partial charge in [0.2, 0.25) is 0 Å². The molecule has 0 spiro atoms. The zero-order valence-electron chi connectivity index (χ0n) is 10.6. The van der Waals surface area contributed by atoms with E-state index in [1.165, 1.54) is 12.6 Å². The summed E-state index contributed by atoms with van der Waals surface area (Å²) in [5, 5.41) is 6.47. The van der Waals surface area contributed by atoms with Crippen molar-refractivity contribution in [3.8, 4) is 0 Å². The van der Waals surface area contributed by atoms with Crippen molar-refractivity contribution >= 4 is 23.3 Å². The van der Waals surface area contributed by atoms with E-state index in [4.69, 9.17) is 16.0 Å². The molecule has 0 radical (unpaired) electrons.